The maximum Gasteiger partial charge on any atom is 0.260 e. The molecule has 1 amide bonds. The number of hydrogen-bond donors (Lipinski definition) is 1. The molecule has 0 bridgehead atoms. The molecule has 0 heterocycles. The Balaban J connectivity index is 2.35. The van der Waals surface area contributed by atoms with Crippen molar-refractivity contribution in [2.24, 2.45) is 0 Å². The van der Waals surface area contributed by atoms with E-state index in [2.05, 4.69) is 11.9 Å². The molecule has 0 aliphatic rings. The second-order valence-electron chi connectivity index (χ2n) is 4.64. The van der Waals surface area contributed by atoms with Gasteiger partial charge in [0.15, 0.2) is 6.10 Å². The summed E-state index contributed by atoms with van der Waals surface area (Å²) in [6.07, 6.45) is -0.662. The molecule has 4 nitrogen and oxygen atoms in total. The molecule has 116 valence electrons. The number of carbonyl (C=O) groups is 1. The monoisotopic (exact) mass is 331 g/mol. The third kappa shape index (κ3) is 6.85. The van der Waals surface area contributed by atoms with Crippen molar-refractivity contribution in [3.63, 3.8) is 0 Å². The molecule has 0 aliphatic heterocycles. The van der Waals surface area contributed by atoms with Gasteiger partial charge in [0.2, 0.25) is 0 Å². The Morgan fingerprint density at radius 2 is 2.14 bits per heavy atom. The van der Waals surface area contributed by atoms with Crippen LogP contribution in [0.3, 0.4) is 0 Å². The zero-order chi connectivity index (χ0) is 15.8. The molecule has 0 saturated heterocycles. The van der Waals surface area contributed by atoms with Crippen molar-refractivity contribution < 1.29 is 14.3 Å². The summed E-state index contributed by atoms with van der Waals surface area (Å²) in [6, 6.07) is 4.85. The first kappa shape index (κ1) is 17.8. The highest BCUT2D eigenvalue weighted by molar-refractivity contribution is 6.35. The summed E-state index contributed by atoms with van der Waals surface area (Å²) in [6.45, 7) is 8.57. The standard InChI is InChI=1S/C15H19Cl2NO3/c1-10(2)9-20-7-6-18-15(19)11(3)21-14-5-4-12(16)8-13(14)17/h4-5,8,11H,1,6-7,9H2,2-3H3,(H,18,19). The van der Waals surface area contributed by atoms with E-state index in [1.54, 1.807) is 25.1 Å². The molecule has 21 heavy (non-hydrogen) atoms. The average Bonchev–Trinajstić information content (AvgIpc) is 2.40. The largest absolute Gasteiger partial charge is 0.479 e. The van der Waals surface area contributed by atoms with Gasteiger partial charge in [0, 0.05) is 11.6 Å². The average molecular weight is 332 g/mol. The minimum atomic E-state index is -0.662. The van der Waals surface area contributed by atoms with E-state index in [0.29, 0.717) is 35.6 Å². The highest BCUT2D eigenvalue weighted by Crippen LogP contribution is 2.28. The van der Waals surface area contributed by atoms with Crippen LogP contribution in [0.15, 0.2) is 30.4 Å². The van der Waals surface area contributed by atoms with Crippen LogP contribution in [0, 0.1) is 0 Å². The summed E-state index contributed by atoms with van der Waals surface area (Å²) in [5, 5.41) is 3.60. The van der Waals surface area contributed by atoms with Crippen molar-refractivity contribution in [2.75, 3.05) is 19.8 Å². The molecule has 1 rings (SSSR count). The summed E-state index contributed by atoms with van der Waals surface area (Å²) in [4.78, 5) is 11.8. The molecule has 1 unspecified atom stereocenters. The van der Waals surface area contributed by atoms with E-state index in [1.807, 2.05) is 6.92 Å². The van der Waals surface area contributed by atoms with Gasteiger partial charge >= 0.3 is 0 Å². The predicted molar refractivity (Wildman–Crippen MR) is 85.2 cm³/mol. The smallest absolute Gasteiger partial charge is 0.260 e. The lowest BCUT2D eigenvalue weighted by Crippen LogP contribution is -2.38. The Morgan fingerprint density at radius 1 is 1.43 bits per heavy atom. The first-order valence-corrected chi connectivity index (χ1v) is 7.27. The molecular weight excluding hydrogens is 313 g/mol. The summed E-state index contributed by atoms with van der Waals surface area (Å²) in [5.74, 6) is 0.183. The van der Waals surface area contributed by atoms with Crippen LogP contribution in [-0.4, -0.2) is 31.8 Å². The summed E-state index contributed by atoms with van der Waals surface area (Å²) < 4.78 is 10.8. The Bertz CT molecular complexity index is 506. The van der Waals surface area contributed by atoms with Crippen LogP contribution in [0.2, 0.25) is 10.0 Å². The van der Waals surface area contributed by atoms with Gasteiger partial charge < -0.3 is 14.8 Å². The second kappa shape index (κ2) is 8.93. The molecule has 0 spiro atoms. The fraction of sp³-hybridized carbons (Fsp3) is 0.400. The first-order chi connectivity index (χ1) is 9.90. The fourth-order valence-corrected chi connectivity index (χ4v) is 1.90. The molecule has 0 fully saturated rings. The van der Waals surface area contributed by atoms with Gasteiger partial charge in [0.25, 0.3) is 5.91 Å². The lowest BCUT2D eigenvalue weighted by molar-refractivity contribution is -0.127. The fourth-order valence-electron chi connectivity index (χ4n) is 1.45. The highest BCUT2D eigenvalue weighted by Gasteiger charge is 2.15. The van der Waals surface area contributed by atoms with E-state index >= 15 is 0 Å². The topological polar surface area (TPSA) is 47.6 Å². The van der Waals surface area contributed by atoms with Crippen molar-refractivity contribution >= 4 is 29.1 Å². The number of carbonyl (C=O) groups excluding carboxylic acids is 1. The molecule has 1 aromatic rings. The van der Waals surface area contributed by atoms with Crippen LogP contribution in [0.4, 0.5) is 0 Å². The molecule has 0 radical (unpaired) electrons. The first-order valence-electron chi connectivity index (χ1n) is 6.51. The normalized spacial score (nSPS) is 11.8. The number of benzene rings is 1. The van der Waals surface area contributed by atoms with Crippen molar-refractivity contribution in [2.45, 2.75) is 20.0 Å². The quantitative estimate of drug-likeness (QED) is 0.586. The third-order valence-electron chi connectivity index (χ3n) is 2.46. The van der Waals surface area contributed by atoms with Crippen LogP contribution in [-0.2, 0) is 9.53 Å². The van der Waals surface area contributed by atoms with E-state index < -0.39 is 6.10 Å². The molecule has 0 aliphatic carbocycles. The Kier molecular flexibility index (Phi) is 7.57. The number of amides is 1. The minimum absolute atomic E-state index is 0.236. The predicted octanol–water partition coefficient (Wildman–Crippen LogP) is 3.47. The summed E-state index contributed by atoms with van der Waals surface area (Å²) in [5.41, 5.74) is 0.940. The molecule has 0 aromatic heterocycles. The van der Waals surface area contributed by atoms with E-state index in [1.165, 1.54) is 0 Å². The van der Waals surface area contributed by atoms with Gasteiger partial charge in [0.05, 0.1) is 18.2 Å². The van der Waals surface area contributed by atoms with Crippen molar-refractivity contribution in [1.82, 2.24) is 5.32 Å². The Morgan fingerprint density at radius 3 is 2.76 bits per heavy atom. The van der Waals surface area contributed by atoms with Crippen molar-refractivity contribution in [3.05, 3.63) is 40.4 Å². The van der Waals surface area contributed by atoms with E-state index in [-0.39, 0.29) is 5.91 Å². The minimum Gasteiger partial charge on any atom is -0.479 e. The van der Waals surface area contributed by atoms with Gasteiger partial charge in [-0.05, 0) is 32.0 Å². The van der Waals surface area contributed by atoms with Gasteiger partial charge in [-0.15, -0.1) is 0 Å². The molecule has 0 saturated carbocycles. The van der Waals surface area contributed by atoms with E-state index in [9.17, 15) is 4.79 Å². The number of halogens is 2. The Hall–Kier alpha value is -1.23. The van der Waals surface area contributed by atoms with Gasteiger partial charge in [-0.25, -0.2) is 0 Å². The Labute approximate surface area is 135 Å². The number of hydrogen-bond acceptors (Lipinski definition) is 3. The number of nitrogens with one attached hydrogen (secondary N) is 1. The maximum atomic E-state index is 11.8. The zero-order valence-corrected chi connectivity index (χ0v) is 13.6. The highest BCUT2D eigenvalue weighted by atomic mass is 35.5. The maximum absolute atomic E-state index is 11.8. The van der Waals surface area contributed by atoms with Gasteiger partial charge in [-0.1, -0.05) is 35.4 Å². The van der Waals surface area contributed by atoms with E-state index in [4.69, 9.17) is 32.7 Å². The molecule has 1 atom stereocenters. The van der Waals surface area contributed by atoms with Crippen LogP contribution >= 0.6 is 23.2 Å². The third-order valence-corrected chi connectivity index (χ3v) is 2.99. The summed E-state index contributed by atoms with van der Waals surface area (Å²) >= 11 is 11.8. The molecule has 1 N–H and O–H groups in total. The van der Waals surface area contributed by atoms with Crippen molar-refractivity contribution in [1.29, 1.82) is 0 Å². The molecule has 6 heteroatoms. The molecule has 1 aromatic carbocycles. The van der Waals surface area contributed by atoms with Crippen molar-refractivity contribution in [3.8, 4) is 5.75 Å². The summed E-state index contributed by atoms with van der Waals surface area (Å²) in [7, 11) is 0. The van der Waals surface area contributed by atoms with Crippen LogP contribution in [0.25, 0.3) is 0 Å². The number of ether oxygens (including phenoxy) is 2. The lowest BCUT2D eigenvalue weighted by atomic mass is 10.3. The van der Waals surface area contributed by atoms with Crippen LogP contribution < -0.4 is 10.1 Å². The van der Waals surface area contributed by atoms with Gasteiger partial charge in [0.1, 0.15) is 5.75 Å². The van der Waals surface area contributed by atoms with Gasteiger partial charge in [-0.2, -0.15) is 0 Å². The zero-order valence-electron chi connectivity index (χ0n) is 12.1. The lowest BCUT2D eigenvalue weighted by Gasteiger charge is -2.15. The van der Waals surface area contributed by atoms with E-state index in [0.717, 1.165) is 5.57 Å². The van der Waals surface area contributed by atoms with Gasteiger partial charge in [-0.3, -0.25) is 4.79 Å². The second-order valence-corrected chi connectivity index (χ2v) is 5.48. The van der Waals surface area contributed by atoms with Crippen LogP contribution in [0.1, 0.15) is 13.8 Å². The number of rotatable bonds is 8. The van der Waals surface area contributed by atoms with Crippen LogP contribution in [0.5, 0.6) is 5.75 Å². The SMILES string of the molecule is C=C(C)COCCNC(=O)C(C)Oc1ccc(Cl)cc1Cl. The molecular formula is C15H19Cl2NO3.